The summed E-state index contributed by atoms with van der Waals surface area (Å²) in [5.74, 6) is -0.982. The molecule has 0 spiro atoms. The Balaban J connectivity index is 1.35. The molecule has 1 saturated carbocycles. The fourth-order valence-electron chi connectivity index (χ4n) is 6.02. The Bertz CT molecular complexity index is 1320. The van der Waals surface area contributed by atoms with Gasteiger partial charge in [-0.1, -0.05) is 58.1 Å². The second-order valence-electron chi connectivity index (χ2n) is 12.4. The van der Waals surface area contributed by atoms with Crippen molar-refractivity contribution in [3.05, 3.63) is 47.7 Å². The number of likely N-dealkylation sites (tertiary alicyclic amines) is 1. The van der Waals surface area contributed by atoms with E-state index in [1.165, 1.54) is 43.5 Å². The number of ketones is 1. The van der Waals surface area contributed by atoms with Crippen LogP contribution in [-0.4, -0.2) is 53.6 Å². The predicted molar refractivity (Wildman–Crippen MR) is 158 cm³/mol. The lowest BCUT2D eigenvalue weighted by Gasteiger charge is -2.24. The van der Waals surface area contributed by atoms with Crippen molar-refractivity contribution < 1.29 is 36.8 Å². The molecule has 2 N–H and O–H groups in total. The molecule has 0 bridgehead atoms. The third-order valence-electron chi connectivity index (χ3n) is 8.45. The zero-order valence-electron chi connectivity index (χ0n) is 25.4. The van der Waals surface area contributed by atoms with Crippen molar-refractivity contribution in [2.45, 2.75) is 96.3 Å². The molecule has 2 aromatic rings. The lowest BCUT2D eigenvalue weighted by Crippen LogP contribution is -2.52. The van der Waals surface area contributed by atoms with Crippen molar-refractivity contribution in [1.29, 1.82) is 0 Å². The fraction of sp³-hybridized carbons (Fsp3) is 0.576. The highest BCUT2D eigenvalue weighted by Gasteiger charge is 2.33. The molecule has 1 aliphatic heterocycles. The normalized spacial score (nSPS) is 19.0. The van der Waals surface area contributed by atoms with Crippen LogP contribution in [0.4, 0.5) is 13.2 Å². The number of hydrogen-bond donors (Lipinski definition) is 2. The van der Waals surface area contributed by atoms with E-state index in [2.05, 4.69) is 10.6 Å². The maximum absolute atomic E-state index is 13.3. The number of halogens is 3. The summed E-state index contributed by atoms with van der Waals surface area (Å²) < 4.78 is 45.0. The number of Topliss-reactive ketones (excluding diaryl/α,β-unsaturated/α-hetero) is 1. The minimum Gasteiger partial charge on any atom is -0.451 e. The summed E-state index contributed by atoms with van der Waals surface area (Å²) in [7, 11) is 0. The van der Waals surface area contributed by atoms with E-state index in [4.69, 9.17) is 4.42 Å². The lowest BCUT2D eigenvalue weighted by molar-refractivity contribution is -0.137. The van der Waals surface area contributed by atoms with Crippen molar-refractivity contribution in [2.75, 3.05) is 13.1 Å². The molecule has 3 amide bonds. The van der Waals surface area contributed by atoms with Crippen LogP contribution in [0.15, 0.2) is 40.8 Å². The van der Waals surface area contributed by atoms with Crippen molar-refractivity contribution in [2.24, 2.45) is 11.8 Å². The molecule has 0 radical (unpaired) electrons. The fourth-order valence-corrected chi connectivity index (χ4v) is 6.02. The summed E-state index contributed by atoms with van der Waals surface area (Å²) in [5.41, 5.74) is -0.685. The van der Waals surface area contributed by atoms with E-state index in [0.29, 0.717) is 31.7 Å². The summed E-state index contributed by atoms with van der Waals surface area (Å²) in [5, 5.41) is 5.45. The van der Waals surface area contributed by atoms with Gasteiger partial charge < -0.3 is 20.0 Å². The SMILES string of the molecule is CC(C)CC(NC(=O)c1ccc(-c2cccc(C(F)(F)F)c2)o1)C(=O)NC1CCCN(C(=O)CCC2CCCCC2)CC1=O. The number of carbonyl (C=O) groups excluding carboxylic acids is 4. The molecule has 11 heteroatoms. The topological polar surface area (TPSA) is 109 Å². The summed E-state index contributed by atoms with van der Waals surface area (Å²) in [6.45, 7) is 4.18. The largest absolute Gasteiger partial charge is 0.451 e. The van der Waals surface area contributed by atoms with Gasteiger partial charge in [0.15, 0.2) is 11.5 Å². The van der Waals surface area contributed by atoms with Crippen LogP contribution in [-0.2, 0) is 20.6 Å². The van der Waals surface area contributed by atoms with Gasteiger partial charge >= 0.3 is 6.18 Å². The summed E-state index contributed by atoms with van der Waals surface area (Å²) >= 11 is 0. The van der Waals surface area contributed by atoms with Crippen molar-refractivity contribution in [1.82, 2.24) is 15.5 Å². The monoisotopic (exact) mass is 617 g/mol. The molecule has 8 nitrogen and oxygen atoms in total. The van der Waals surface area contributed by atoms with Crippen molar-refractivity contribution >= 4 is 23.5 Å². The van der Waals surface area contributed by atoms with E-state index >= 15 is 0 Å². The van der Waals surface area contributed by atoms with Gasteiger partial charge in [-0.15, -0.1) is 0 Å². The number of furan rings is 1. The first-order chi connectivity index (χ1) is 20.9. The van der Waals surface area contributed by atoms with Crippen LogP contribution >= 0.6 is 0 Å². The van der Waals surface area contributed by atoms with Gasteiger partial charge in [-0.3, -0.25) is 19.2 Å². The molecule has 2 heterocycles. The molecule has 240 valence electrons. The van der Waals surface area contributed by atoms with E-state index in [-0.39, 0.29) is 47.7 Å². The van der Waals surface area contributed by atoms with E-state index in [0.717, 1.165) is 31.4 Å². The highest BCUT2D eigenvalue weighted by atomic mass is 19.4. The number of rotatable bonds is 10. The molecule has 1 saturated heterocycles. The minimum absolute atomic E-state index is 0.0189. The van der Waals surface area contributed by atoms with Crippen LogP contribution in [0.5, 0.6) is 0 Å². The third kappa shape index (κ3) is 9.19. The molecule has 4 rings (SSSR count). The number of alkyl halides is 3. The van der Waals surface area contributed by atoms with Gasteiger partial charge in [-0.2, -0.15) is 13.2 Å². The Labute approximate surface area is 256 Å². The van der Waals surface area contributed by atoms with Gasteiger partial charge in [0.05, 0.1) is 18.2 Å². The number of carbonyl (C=O) groups is 4. The highest BCUT2D eigenvalue weighted by molar-refractivity contribution is 5.98. The number of nitrogens with one attached hydrogen (secondary N) is 2. The number of nitrogens with zero attached hydrogens (tertiary/aromatic N) is 1. The second kappa shape index (κ2) is 14.9. The molecule has 44 heavy (non-hydrogen) atoms. The molecule has 1 aliphatic carbocycles. The van der Waals surface area contributed by atoms with Gasteiger partial charge in [0, 0.05) is 18.5 Å². The molecule has 1 aromatic heterocycles. The zero-order valence-corrected chi connectivity index (χ0v) is 25.4. The van der Waals surface area contributed by atoms with E-state index in [1.54, 1.807) is 4.90 Å². The van der Waals surface area contributed by atoms with Crippen molar-refractivity contribution in [3.8, 4) is 11.3 Å². The molecular weight excluding hydrogens is 575 g/mol. The summed E-state index contributed by atoms with van der Waals surface area (Å²) in [4.78, 5) is 54.0. The standard InChI is InChI=1S/C33H42F3N3O5/c1-21(2)18-26(38-32(43)29-15-14-28(44-29)23-10-6-11-24(19-23)33(34,35)36)31(42)37-25-12-7-17-39(20-27(25)40)30(41)16-13-22-8-4-3-5-9-22/h6,10-11,14-15,19,21-22,25-26H,3-5,7-9,12-13,16-18,20H2,1-2H3,(H,37,42)(H,38,43). The summed E-state index contributed by atoms with van der Waals surface area (Å²) in [6, 6.07) is 5.56. The van der Waals surface area contributed by atoms with Gasteiger partial charge in [0.25, 0.3) is 5.91 Å². The first kappa shape index (κ1) is 33.3. The highest BCUT2D eigenvalue weighted by Crippen LogP contribution is 2.33. The number of hydrogen-bond acceptors (Lipinski definition) is 5. The quantitative estimate of drug-likeness (QED) is 0.333. The average Bonchev–Trinajstić information content (AvgIpc) is 3.42. The third-order valence-corrected chi connectivity index (χ3v) is 8.45. The van der Waals surface area contributed by atoms with Crippen LogP contribution in [0.3, 0.4) is 0 Å². The Morgan fingerprint density at radius 2 is 1.77 bits per heavy atom. The zero-order chi connectivity index (χ0) is 31.9. The maximum atomic E-state index is 13.3. The lowest BCUT2D eigenvalue weighted by atomic mass is 9.86. The van der Waals surface area contributed by atoms with Gasteiger partial charge in [0.1, 0.15) is 11.8 Å². The molecule has 2 aliphatic rings. The van der Waals surface area contributed by atoms with E-state index in [1.807, 2.05) is 13.8 Å². The molecule has 1 aromatic carbocycles. The minimum atomic E-state index is -4.53. The predicted octanol–water partition coefficient (Wildman–Crippen LogP) is 6.15. The molecular formula is C33H42F3N3O5. The van der Waals surface area contributed by atoms with Crippen LogP contribution < -0.4 is 10.6 Å². The Morgan fingerprint density at radius 1 is 1.02 bits per heavy atom. The van der Waals surface area contributed by atoms with Crippen LogP contribution in [0.2, 0.25) is 0 Å². The van der Waals surface area contributed by atoms with E-state index in [9.17, 15) is 32.3 Å². The Morgan fingerprint density at radius 3 is 2.48 bits per heavy atom. The molecule has 2 atom stereocenters. The summed E-state index contributed by atoms with van der Waals surface area (Å²) in [6.07, 6.45) is 3.98. The van der Waals surface area contributed by atoms with Crippen LogP contribution in [0.25, 0.3) is 11.3 Å². The smallest absolute Gasteiger partial charge is 0.416 e. The van der Waals surface area contributed by atoms with Gasteiger partial charge in [0.2, 0.25) is 11.8 Å². The van der Waals surface area contributed by atoms with E-state index < -0.39 is 35.6 Å². The first-order valence-electron chi connectivity index (χ1n) is 15.6. The number of amides is 3. The maximum Gasteiger partial charge on any atom is 0.416 e. The Kier molecular flexibility index (Phi) is 11.3. The van der Waals surface area contributed by atoms with Gasteiger partial charge in [-0.25, -0.2) is 0 Å². The molecule has 2 fully saturated rings. The molecule has 2 unspecified atom stereocenters. The van der Waals surface area contributed by atoms with Crippen LogP contribution in [0, 0.1) is 11.8 Å². The van der Waals surface area contributed by atoms with Crippen molar-refractivity contribution in [3.63, 3.8) is 0 Å². The van der Waals surface area contributed by atoms with Gasteiger partial charge in [-0.05, 0) is 61.8 Å². The Hall–Kier alpha value is -3.63. The first-order valence-corrected chi connectivity index (χ1v) is 15.6. The van der Waals surface area contributed by atoms with Crippen LogP contribution in [0.1, 0.15) is 94.2 Å². The second-order valence-corrected chi connectivity index (χ2v) is 12.4. The average molecular weight is 618 g/mol. The number of benzene rings is 1.